The fourth-order valence-corrected chi connectivity index (χ4v) is 3.33. The van der Waals surface area contributed by atoms with Gasteiger partial charge in [0.15, 0.2) is 0 Å². The Kier molecular flexibility index (Phi) is 6.17. The monoisotopic (exact) mass is 380 g/mol. The van der Waals surface area contributed by atoms with Gasteiger partial charge in [-0.05, 0) is 56.5 Å². The summed E-state index contributed by atoms with van der Waals surface area (Å²) in [5.74, 6) is 0.779. The lowest BCUT2D eigenvalue weighted by Gasteiger charge is -2.15. The van der Waals surface area contributed by atoms with E-state index in [1.165, 1.54) is 5.56 Å². The van der Waals surface area contributed by atoms with Crippen LogP contribution in [0, 0.1) is 27.7 Å². The molecule has 0 spiro atoms. The van der Waals surface area contributed by atoms with Gasteiger partial charge in [0.25, 0.3) is 5.56 Å². The molecule has 0 fully saturated rings. The van der Waals surface area contributed by atoms with Crippen LogP contribution in [0.1, 0.15) is 27.8 Å². The predicted molar refractivity (Wildman–Crippen MR) is 113 cm³/mol. The zero-order chi connectivity index (χ0) is 20.3. The number of fused-ring (bicyclic) bond motifs is 1. The number of rotatable bonds is 7. The first-order valence-electron chi connectivity index (χ1n) is 9.56. The molecule has 1 heterocycles. The van der Waals surface area contributed by atoms with Crippen molar-refractivity contribution in [3.05, 3.63) is 74.6 Å². The third-order valence-electron chi connectivity index (χ3n) is 4.98. The first-order chi connectivity index (χ1) is 13.3. The Balaban J connectivity index is 1.58. The number of H-pyrrole nitrogens is 1. The summed E-state index contributed by atoms with van der Waals surface area (Å²) in [6, 6.07) is 12.0. The zero-order valence-electron chi connectivity index (χ0n) is 16.9. The Morgan fingerprint density at radius 2 is 1.79 bits per heavy atom. The van der Waals surface area contributed by atoms with Crippen molar-refractivity contribution in [2.24, 2.45) is 0 Å². The van der Waals surface area contributed by atoms with Crippen molar-refractivity contribution in [2.45, 2.75) is 40.3 Å². The molecule has 0 aliphatic rings. The summed E-state index contributed by atoms with van der Waals surface area (Å²) in [6.45, 7) is 8.97. The molecule has 1 atom stereocenters. The van der Waals surface area contributed by atoms with Gasteiger partial charge in [-0.1, -0.05) is 29.8 Å². The molecule has 2 aromatic carbocycles. The number of hydrogen-bond donors (Lipinski definition) is 3. The summed E-state index contributed by atoms with van der Waals surface area (Å²) in [7, 11) is 0. The smallest absolute Gasteiger partial charge is 0.252 e. The van der Waals surface area contributed by atoms with Gasteiger partial charge < -0.3 is 20.1 Å². The van der Waals surface area contributed by atoms with E-state index in [1.54, 1.807) is 0 Å². The van der Waals surface area contributed by atoms with Crippen LogP contribution in [0.3, 0.4) is 0 Å². The van der Waals surface area contributed by atoms with Crippen molar-refractivity contribution in [2.75, 3.05) is 13.2 Å². The fraction of sp³-hybridized carbons (Fsp3) is 0.348. The molecule has 1 unspecified atom stereocenters. The van der Waals surface area contributed by atoms with Crippen molar-refractivity contribution in [1.82, 2.24) is 10.3 Å². The molecule has 0 aliphatic carbocycles. The number of nitrogens with one attached hydrogen (secondary N) is 2. The minimum Gasteiger partial charge on any atom is -0.491 e. The minimum atomic E-state index is -0.663. The number of aromatic amines is 1. The summed E-state index contributed by atoms with van der Waals surface area (Å²) in [4.78, 5) is 15.3. The first kappa shape index (κ1) is 20.1. The Hall–Kier alpha value is -2.63. The first-order valence-corrected chi connectivity index (χ1v) is 9.56. The standard InChI is InChI=1S/C23H28N2O3/c1-14-5-8-21(17(4)9-14)28-13-19(26)12-24-11-18-10-20-15(2)6-7-16(3)22(20)25-23(18)27/h5-10,19,24,26H,11-13H2,1-4H3,(H,25,27). The molecule has 5 heteroatoms. The van der Waals surface area contributed by atoms with Crippen LogP contribution < -0.4 is 15.6 Å². The SMILES string of the molecule is Cc1ccc(OCC(O)CNCc2cc3c(C)ccc(C)c3[nH]c2=O)c(C)c1. The number of aryl methyl sites for hydroxylation is 4. The molecule has 3 aromatic rings. The van der Waals surface area contributed by atoms with Gasteiger partial charge in [-0.3, -0.25) is 4.79 Å². The molecule has 148 valence electrons. The number of aliphatic hydroxyl groups excluding tert-OH is 1. The molecule has 0 amide bonds. The number of hydrogen-bond acceptors (Lipinski definition) is 4. The number of ether oxygens (including phenoxy) is 1. The van der Waals surface area contributed by atoms with E-state index in [2.05, 4.69) is 22.4 Å². The van der Waals surface area contributed by atoms with Crippen LogP contribution in [0.5, 0.6) is 5.75 Å². The molecule has 28 heavy (non-hydrogen) atoms. The molecule has 0 radical (unpaired) electrons. The van der Waals surface area contributed by atoms with E-state index >= 15 is 0 Å². The van der Waals surface area contributed by atoms with Crippen LogP contribution in [0.4, 0.5) is 0 Å². The van der Waals surface area contributed by atoms with Crippen LogP contribution in [0.25, 0.3) is 10.9 Å². The van der Waals surface area contributed by atoms with Gasteiger partial charge in [0.1, 0.15) is 18.5 Å². The summed E-state index contributed by atoms with van der Waals surface area (Å²) in [5.41, 5.74) is 5.84. The summed E-state index contributed by atoms with van der Waals surface area (Å²) >= 11 is 0. The molecule has 0 bridgehead atoms. The maximum Gasteiger partial charge on any atom is 0.252 e. The average Bonchev–Trinajstić information content (AvgIpc) is 2.65. The van der Waals surface area contributed by atoms with Crippen molar-refractivity contribution < 1.29 is 9.84 Å². The molecule has 3 N–H and O–H groups in total. The van der Waals surface area contributed by atoms with Crippen LogP contribution >= 0.6 is 0 Å². The highest BCUT2D eigenvalue weighted by atomic mass is 16.5. The third kappa shape index (κ3) is 4.61. The van der Waals surface area contributed by atoms with Crippen LogP contribution in [0.15, 0.2) is 41.2 Å². The van der Waals surface area contributed by atoms with Gasteiger partial charge in [0, 0.05) is 24.0 Å². The topological polar surface area (TPSA) is 74.3 Å². The lowest BCUT2D eigenvalue weighted by Crippen LogP contribution is -2.32. The maximum atomic E-state index is 12.4. The van der Waals surface area contributed by atoms with Crippen LogP contribution in [-0.2, 0) is 6.54 Å². The van der Waals surface area contributed by atoms with Crippen molar-refractivity contribution >= 4 is 10.9 Å². The molecule has 0 saturated heterocycles. The second kappa shape index (κ2) is 8.59. The second-order valence-corrected chi connectivity index (χ2v) is 7.48. The average molecular weight is 380 g/mol. The molecule has 0 aliphatic heterocycles. The van der Waals surface area contributed by atoms with Gasteiger partial charge >= 0.3 is 0 Å². The molecule has 3 rings (SSSR count). The van der Waals surface area contributed by atoms with Gasteiger partial charge in [0.05, 0.1) is 5.52 Å². The van der Waals surface area contributed by atoms with E-state index in [0.29, 0.717) is 18.7 Å². The van der Waals surface area contributed by atoms with Crippen molar-refractivity contribution in [3.8, 4) is 5.75 Å². The highest BCUT2D eigenvalue weighted by Gasteiger charge is 2.10. The number of aromatic nitrogens is 1. The van der Waals surface area contributed by atoms with E-state index in [0.717, 1.165) is 33.3 Å². The quantitative estimate of drug-likeness (QED) is 0.588. The van der Waals surface area contributed by atoms with E-state index < -0.39 is 6.10 Å². The summed E-state index contributed by atoms with van der Waals surface area (Å²) in [6.07, 6.45) is -0.663. The van der Waals surface area contributed by atoms with E-state index in [-0.39, 0.29) is 12.2 Å². The third-order valence-corrected chi connectivity index (χ3v) is 4.98. The molecular formula is C23H28N2O3. The van der Waals surface area contributed by atoms with E-state index in [4.69, 9.17) is 4.74 Å². The lowest BCUT2D eigenvalue weighted by atomic mass is 10.0. The fourth-order valence-electron chi connectivity index (χ4n) is 3.33. The summed E-state index contributed by atoms with van der Waals surface area (Å²) < 4.78 is 5.71. The number of benzene rings is 2. The minimum absolute atomic E-state index is 0.102. The summed E-state index contributed by atoms with van der Waals surface area (Å²) in [5, 5.41) is 14.4. The number of pyridine rings is 1. The molecule has 1 aromatic heterocycles. The normalized spacial score (nSPS) is 12.3. The van der Waals surface area contributed by atoms with Gasteiger partial charge in [-0.2, -0.15) is 0 Å². The largest absolute Gasteiger partial charge is 0.491 e. The lowest BCUT2D eigenvalue weighted by molar-refractivity contribution is 0.106. The van der Waals surface area contributed by atoms with Gasteiger partial charge in [-0.15, -0.1) is 0 Å². The Morgan fingerprint density at radius 1 is 1.04 bits per heavy atom. The molecular weight excluding hydrogens is 352 g/mol. The van der Waals surface area contributed by atoms with Crippen LogP contribution in [-0.4, -0.2) is 29.3 Å². The van der Waals surface area contributed by atoms with E-state index in [1.807, 2.05) is 52.0 Å². The number of aliphatic hydroxyl groups is 1. The van der Waals surface area contributed by atoms with Crippen molar-refractivity contribution in [3.63, 3.8) is 0 Å². The molecule has 5 nitrogen and oxygen atoms in total. The maximum absolute atomic E-state index is 12.4. The Labute approximate surface area is 165 Å². The highest BCUT2D eigenvalue weighted by molar-refractivity contribution is 5.85. The van der Waals surface area contributed by atoms with Gasteiger partial charge in [-0.25, -0.2) is 0 Å². The molecule has 0 saturated carbocycles. The van der Waals surface area contributed by atoms with Crippen molar-refractivity contribution in [1.29, 1.82) is 0 Å². The van der Waals surface area contributed by atoms with Gasteiger partial charge in [0.2, 0.25) is 0 Å². The van der Waals surface area contributed by atoms with E-state index in [9.17, 15) is 9.90 Å². The Morgan fingerprint density at radius 3 is 2.54 bits per heavy atom. The second-order valence-electron chi connectivity index (χ2n) is 7.48. The highest BCUT2D eigenvalue weighted by Crippen LogP contribution is 2.20. The predicted octanol–water partition coefficient (Wildman–Crippen LogP) is 3.29. The Bertz CT molecular complexity index is 1040. The zero-order valence-corrected chi connectivity index (χ0v) is 16.9. The van der Waals surface area contributed by atoms with Crippen LogP contribution in [0.2, 0.25) is 0 Å².